The summed E-state index contributed by atoms with van der Waals surface area (Å²) in [6.07, 6.45) is 0. The maximum absolute atomic E-state index is 3.08. The molecule has 0 N–H and O–H groups in total. The van der Waals surface area contributed by atoms with E-state index in [1.54, 1.807) is 0 Å². The SMILES string of the molecule is Cc1cc2c[c-]ccc2cc1C.[Y]. The Morgan fingerprint density at radius 1 is 1.00 bits per heavy atom. The van der Waals surface area contributed by atoms with Gasteiger partial charge in [0.25, 0.3) is 0 Å². The van der Waals surface area contributed by atoms with Gasteiger partial charge in [-0.3, -0.25) is 0 Å². The molecule has 0 heterocycles. The fraction of sp³-hybridized carbons (Fsp3) is 0.167. The van der Waals surface area contributed by atoms with E-state index in [0.29, 0.717) is 0 Å². The molecule has 0 aliphatic carbocycles. The van der Waals surface area contributed by atoms with Crippen molar-refractivity contribution in [2.75, 3.05) is 0 Å². The molecule has 2 aromatic rings. The van der Waals surface area contributed by atoms with Crippen molar-refractivity contribution in [1.29, 1.82) is 0 Å². The van der Waals surface area contributed by atoms with Crippen molar-refractivity contribution < 1.29 is 32.7 Å². The van der Waals surface area contributed by atoms with Gasteiger partial charge in [0.2, 0.25) is 0 Å². The Kier molecular flexibility index (Phi) is 3.64. The third-order valence-electron chi connectivity index (χ3n) is 2.30. The third kappa shape index (κ3) is 2.18. The molecule has 0 amide bonds. The molecule has 1 radical (unpaired) electrons. The Morgan fingerprint density at radius 3 is 2.31 bits per heavy atom. The number of aryl methyl sites for hydroxylation is 2. The van der Waals surface area contributed by atoms with Crippen molar-refractivity contribution in [2.45, 2.75) is 13.8 Å². The van der Waals surface area contributed by atoms with Crippen molar-refractivity contribution in [1.82, 2.24) is 0 Å². The van der Waals surface area contributed by atoms with Gasteiger partial charge >= 0.3 is 0 Å². The molecule has 2 rings (SSSR count). The first kappa shape index (κ1) is 10.9. The van der Waals surface area contributed by atoms with E-state index in [9.17, 15) is 0 Å². The van der Waals surface area contributed by atoms with Gasteiger partial charge in [-0.15, -0.1) is 16.8 Å². The zero-order chi connectivity index (χ0) is 8.55. The number of hydrogen-bond acceptors (Lipinski definition) is 0. The Hall–Kier alpha value is -0.196. The number of fused-ring (bicyclic) bond motifs is 1. The van der Waals surface area contributed by atoms with Gasteiger partial charge in [-0.05, 0) is 13.8 Å². The van der Waals surface area contributed by atoms with E-state index in [0.717, 1.165) is 0 Å². The molecule has 0 spiro atoms. The Balaban J connectivity index is 0.000000845. The summed E-state index contributed by atoms with van der Waals surface area (Å²) in [5, 5.41) is 2.58. The quantitative estimate of drug-likeness (QED) is 0.624. The van der Waals surface area contributed by atoms with Gasteiger partial charge in [-0.25, -0.2) is 0 Å². The van der Waals surface area contributed by atoms with Crippen LogP contribution in [0.15, 0.2) is 30.3 Å². The van der Waals surface area contributed by atoms with E-state index in [4.69, 9.17) is 0 Å². The summed E-state index contributed by atoms with van der Waals surface area (Å²) in [6, 6.07) is 13.6. The third-order valence-corrected chi connectivity index (χ3v) is 2.30. The maximum Gasteiger partial charge on any atom is 0 e. The van der Waals surface area contributed by atoms with E-state index in [2.05, 4.69) is 38.1 Å². The summed E-state index contributed by atoms with van der Waals surface area (Å²) in [5.41, 5.74) is 2.70. The van der Waals surface area contributed by atoms with Crippen LogP contribution in [0, 0.1) is 19.9 Å². The fourth-order valence-electron chi connectivity index (χ4n) is 1.41. The molecular weight excluding hydrogens is 233 g/mol. The molecule has 0 saturated heterocycles. The van der Waals surface area contributed by atoms with Gasteiger partial charge in [-0.2, -0.15) is 24.3 Å². The second-order valence-corrected chi connectivity index (χ2v) is 3.21. The topological polar surface area (TPSA) is 0 Å². The Bertz CT molecular complexity index is 378. The first-order valence-electron chi connectivity index (χ1n) is 4.14. The largest absolute Gasteiger partial charge is 0.183 e. The Morgan fingerprint density at radius 2 is 1.62 bits per heavy atom. The molecule has 0 aromatic heterocycles. The van der Waals surface area contributed by atoms with E-state index in [1.807, 2.05) is 12.1 Å². The minimum Gasteiger partial charge on any atom is -0.183 e. The molecule has 13 heavy (non-hydrogen) atoms. The van der Waals surface area contributed by atoms with Crippen molar-refractivity contribution in [3.63, 3.8) is 0 Å². The van der Waals surface area contributed by atoms with Gasteiger partial charge in [0, 0.05) is 32.7 Å². The zero-order valence-electron chi connectivity index (χ0n) is 7.96. The number of hydrogen-bond donors (Lipinski definition) is 0. The molecular formula is C12H11Y-. The zero-order valence-corrected chi connectivity index (χ0v) is 10.8. The van der Waals surface area contributed by atoms with Crippen LogP contribution in [0.25, 0.3) is 10.8 Å². The minimum absolute atomic E-state index is 0. The van der Waals surface area contributed by atoms with Crippen LogP contribution in [-0.4, -0.2) is 0 Å². The molecule has 0 unspecified atom stereocenters. The maximum atomic E-state index is 3.08. The average molecular weight is 244 g/mol. The molecule has 0 atom stereocenters. The molecule has 2 aromatic carbocycles. The second-order valence-electron chi connectivity index (χ2n) is 3.21. The van der Waals surface area contributed by atoms with Gasteiger partial charge < -0.3 is 0 Å². The number of rotatable bonds is 0. The van der Waals surface area contributed by atoms with E-state index in [-0.39, 0.29) is 32.7 Å². The van der Waals surface area contributed by atoms with E-state index in [1.165, 1.54) is 21.9 Å². The summed E-state index contributed by atoms with van der Waals surface area (Å²) in [4.78, 5) is 0. The molecule has 0 bridgehead atoms. The first-order chi connectivity index (χ1) is 5.77. The summed E-state index contributed by atoms with van der Waals surface area (Å²) < 4.78 is 0. The van der Waals surface area contributed by atoms with Crippen molar-refractivity contribution >= 4 is 10.8 Å². The van der Waals surface area contributed by atoms with Crippen LogP contribution >= 0.6 is 0 Å². The summed E-state index contributed by atoms with van der Waals surface area (Å²) in [7, 11) is 0. The fourth-order valence-corrected chi connectivity index (χ4v) is 1.41. The molecule has 63 valence electrons. The van der Waals surface area contributed by atoms with Crippen LogP contribution in [0.3, 0.4) is 0 Å². The van der Waals surface area contributed by atoms with Crippen molar-refractivity contribution in [3.05, 3.63) is 47.5 Å². The minimum atomic E-state index is 0. The van der Waals surface area contributed by atoms with Crippen LogP contribution in [0.5, 0.6) is 0 Å². The van der Waals surface area contributed by atoms with Gasteiger partial charge in [0.05, 0.1) is 0 Å². The molecule has 0 aliphatic rings. The Labute approximate surface area is 104 Å². The van der Waals surface area contributed by atoms with Crippen molar-refractivity contribution in [3.8, 4) is 0 Å². The molecule has 0 nitrogen and oxygen atoms in total. The van der Waals surface area contributed by atoms with E-state index < -0.39 is 0 Å². The second kappa shape index (κ2) is 4.35. The average Bonchev–Trinajstić information content (AvgIpc) is 2.07. The molecule has 1 heteroatoms. The van der Waals surface area contributed by atoms with Gasteiger partial charge in [0.1, 0.15) is 0 Å². The molecule has 0 saturated carbocycles. The van der Waals surface area contributed by atoms with Crippen LogP contribution < -0.4 is 0 Å². The first-order valence-corrected chi connectivity index (χ1v) is 4.14. The standard InChI is InChI=1S/C12H11.Y/c1-9-7-11-5-3-4-6-12(11)8-10(9)2;/h3,5-8H,1-2H3;/q-1;. The predicted molar refractivity (Wildman–Crippen MR) is 52.3 cm³/mol. The van der Waals surface area contributed by atoms with Crippen molar-refractivity contribution in [2.24, 2.45) is 0 Å². The predicted octanol–water partition coefficient (Wildman–Crippen LogP) is 3.25. The summed E-state index contributed by atoms with van der Waals surface area (Å²) >= 11 is 0. The smallest absolute Gasteiger partial charge is 0 e. The molecule has 0 aliphatic heterocycles. The normalized spacial score (nSPS) is 9.69. The summed E-state index contributed by atoms with van der Waals surface area (Å²) in [6.45, 7) is 4.28. The summed E-state index contributed by atoms with van der Waals surface area (Å²) in [5.74, 6) is 0. The van der Waals surface area contributed by atoms with Crippen LogP contribution in [0.2, 0.25) is 0 Å². The van der Waals surface area contributed by atoms with Crippen LogP contribution in [-0.2, 0) is 32.7 Å². The number of benzene rings is 2. The van der Waals surface area contributed by atoms with Gasteiger partial charge in [-0.1, -0.05) is 17.2 Å². The van der Waals surface area contributed by atoms with Crippen LogP contribution in [0.4, 0.5) is 0 Å². The van der Waals surface area contributed by atoms with Gasteiger partial charge in [0.15, 0.2) is 0 Å². The molecule has 0 fully saturated rings. The van der Waals surface area contributed by atoms with Crippen LogP contribution in [0.1, 0.15) is 11.1 Å². The monoisotopic (exact) mass is 244 g/mol. The van der Waals surface area contributed by atoms with E-state index >= 15 is 0 Å².